The number of alkyl carbamates (subject to hydrolysis) is 1. The number of amides is 2. The Balaban J connectivity index is -0.00000147. The van der Waals surface area contributed by atoms with Crippen molar-refractivity contribution in [2.45, 2.75) is 227 Å². The molecule has 0 heterocycles. The van der Waals surface area contributed by atoms with E-state index in [0.717, 1.165) is 32.5 Å². The molecule has 1 unspecified atom stereocenters. The van der Waals surface area contributed by atoms with E-state index >= 15 is 0 Å². The summed E-state index contributed by atoms with van der Waals surface area (Å²) in [5.41, 5.74) is 0. The molecular formula is C47H96N2O9. The molecule has 0 aromatic carbocycles. The molecule has 58 heavy (non-hydrogen) atoms. The second kappa shape index (κ2) is 51.0. The van der Waals surface area contributed by atoms with Gasteiger partial charge in [0.1, 0.15) is 0 Å². The van der Waals surface area contributed by atoms with Crippen molar-refractivity contribution in [1.82, 2.24) is 10.6 Å². The lowest BCUT2D eigenvalue weighted by Gasteiger charge is -2.19. The number of aliphatic hydroxyl groups excluding tert-OH is 1. The lowest BCUT2D eigenvalue weighted by Crippen LogP contribution is -2.37. The predicted molar refractivity (Wildman–Crippen MR) is 241 cm³/mol. The van der Waals surface area contributed by atoms with E-state index in [1.54, 1.807) is 0 Å². The summed E-state index contributed by atoms with van der Waals surface area (Å²) in [5, 5.41) is 29.6. The molecule has 0 fully saturated rings. The molecule has 0 aromatic rings. The maximum Gasteiger partial charge on any atom is 0.407 e. The first kappa shape index (κ1) is 60.2. The molecule has 11 heteroatoms. The average Bonchev–Trinajstić information content (AvgIpc) is 3.19. The normalized spacial score (nSPS) is 11.4. The van der Waals surface area contributed by atoms with Crippen molar-refractivity contribution in [3.05, 3.63) is 0 Å². The van der Waals surface area contributed by atoms with Gasteiger partial charge >= 0.3 is 18.2 Å². The van der Waals surface area contributed by atoms with Gasteiger partial charge in [-0.1, -0.05) is 189 Å². The fourth-order valence-corrected chi connectivity index (χ4v) is 5.88. The Hall–Kier alpha value is -2.11. The highest BCUT2D eigenvalue weighted by Crippen LogP contribution is 2.14. The Labute approximate surface area is 357 Å². The van der Waals surface area contributed by atoms with Gasteiger partial charge in [0.2, 0.25) is 0 Å². The molecule has 0 aliphatic heterocycles. The highest BCUT2D eigenvalue weighted by Gasteiger charge is 2.13. The summed E-state index contributed by atoms with van der Waals surface area (Å²) in [4.78, 5) is 32.0. The lowest BCUT2D eigenvalue weighted by molar-refractivity contribution is -0.137. The molecule has 0 aliphatic carbocycles. The highest BCUT2D eigenvalue weighted by atomic mass is 16.6. The minimum atomic E-state index is -1.03. The minimum absolute atomic E-state index is 0.119. The average molecular weight is 833 g/mol. The van der Waals surface area contributed by atoms with Crippen LogP contribution in [0.3, 0.4) is 0 Å². The van der Waals surface area contributed by atoms with Gasteiger partial charge in [-0.25, -0.2) is 9.59 Å². The molecule has 11 nitrogen and oxygen atoms in total. The van der Waals surface area contributed by atoms with Crippen LogP contribution in [0.4, 0.5) is 9.59 Å². The number of ether oxygens (including phenoxy) is 3. The van der Waals surface area contributed by atoms with Crippen LogP contribution in [0.1, 0.15) is 221 Å². The summed E-state index contributed by atoms with van der Waals surface area (Å²) in [7, 11) is 0. The first-order valence-electron chi connectivity index (χ1n) is 23.9. The zero-order chi connectivity index (χ0) is 43.7. The predicted octanol–water partition coefficient (Wildman–Crippen LogP) is 12.7. The van der Waals surface area contributed by atoms with E-state index in [9.17, 15) is 14.4 Å². The van der Waals surface area contributed by atoms with Crippen molar-refractivity contribution < 1.29 is 43.9 Å². The number of unbranched alkanes of at least 4 members (excludes halogenated alkanes) is 24. The summed E-state index contributed by atoms with van der Waals surface area (Å²) in [5.74, 6) is -0.0336. The van der Waals surface area contributed by atoms with Crippen LogP contribution in [-0.2, 0) is 19.0 Å². The molecule has 0 spiro atoms. The molecular weight excluding hydrogens is 737 g/mol. The Bertz CT molecular complexity index is 827. The molecule has 0 saturated heterocycles. The van der Waals surface area contributed by atoms with Crippen LogP contribution < -0.4 is 10.6 Å². The zero-order valence-electron chi connectivity index (χ0n) is 38.8. The van der Waals surface area contributed by atoms with Crippen LogP contribution in [0, 0.1) is 11.8 Å². The second-order valence-electron chi connectivity index (χ2n) is 16.7. The third-order valence-corrected chi connectivity index (χ3v) is 9.53. The number of carboxylic acids is 1. The number of aliphatic hydroxyl groups is 1. The molecule has 0 aliphatic rings. The molecule has 348 valence electrons. The topological polar surface area (TPSA) is 164 Å². The van der Waals surface area contributed by atoms with E-state index < -0.39 is 12.1 Å². The van der Waals surface area contributed by atoms with Crippen LogP contribution in [-0.4, -0.2) is 85.7 Å². The molecule has 2 amide bonds. The van der Waals surface area contributed by atoms with Crippen LogP contribution in [0.15, 0.2) is 0 Å². The summed E-state index contributed by atoms with van der Waals surface area (Å²) in [6, 6.07) is 0. The lowest BCUT2D eigenvalue weighted by atomic mass is 10.1. The van der Waals surface area contributed by atoms with E-state index in [1.807, 2.05) is 27.7 Å². The van der Waals surface area contributed by atoms with Gasteiger partial charge in [0.25, 0.3) is 0 Å². The number of nitrogens with one attached hydrogen (secondary N) is 2. The van der Waals surface area contributed by atoms with Crippen LogP contribution in [0.25, 0.3) is 0 Å². The first-order chi connectivity index (χ1) is 28.0. The number of carboxylic acid groups (broad SMARTS) is 2. The quantitative estimate of drug-likeness (QED) is 0.0378. The monoisotopic (exact) mass is 833 g/mol. The summed E-state index contributed by atoms with van der Waals surface area (Å²) in [6.45, 7) is 16.2. The van der Waals surface area contributed by atoms with E-state index in [4.69, 9.17) is 29.5 Å². The first-order valence-corrected chi connectivity index (χ1v) is 23.9. The van der Waals surface area contributed by atoms with Gasteiger partial charge in [-0.05, 0) is 37.5 Å². The van der Waals surface area contributed by atoms with Crippen molar-refractivity contribution in [2.24, 2.45) is 11.8 Å². The van der Waals surface area contributed by atoms with Crippen LogP contribution in [0.2, 0.25) is 0 Å². The van der Waals surface area contributed by atoms with Crippen LogP contribution >= 0.6 is 0 Å². The largest absolute Gasteiger partial charge is 0.481 e. The smallest absolute Gasteiger partial charge is 0.407 e. The van der Waals surface area contributed by atoms with Crippen LogP contribution in [0.5, 0.6) is 0 Å². The summed E-state index contributed by atoms with van der Waals surface area (Å²) in [6.07, 6.45) is 32.9. The van der Waals surface area contributed by atoms with Crippen molar-refractivity contribution in [3.63, 3.8) is 0 Å². The van der Waals surface area contributed by atoms with Gasteiger partial charge < -0.3 is 40.2 Å². The minimum Gasteiger partial charge on any atom is -0.481 e. The van der Waals surface area contributed by atoms with Gasteiger partial charge in [-0.2, -0.15) is 0 Å². The van der Waals surface area contributed by atoms with Crippen molar-refractivity contribution in [1.29, 1.82) is 0 Å². The third kappa shape index (κ3) is 60.6. The Morgan fingerprint density at radius 2 is 0.931 bits per heavy atom. The number of rotatable bonds is 40. The molecule has 0 aromatic heterocycles. The van der Waals surface area contributed by atoms with E-state index in [0.29, 0.717) is 57.6 Å². The molecule has 0 bridgehead atoms. The summed E-state index contributed by atoms with van der Waals surface area (Å²) >= 11 is 0. The second-order valence-corrected chi connectivity index (χ2v) is 16.7. The highest BCUT2D eigenvalue weighted by molar-refractivity contribution is 5.67. The fraction of sp³-hybridized carbons (Fsp3) is 0.936. The Morgan fingerprint density at radius 1 is 0.517 bits per heavy atom. The third-order valence-electron chi connectivity index (χ3n) is 9.53. The number of hydrogen-bond donors (Lipinski definition) is 5. The molecule has 5 N–H and O–H groups in total. The fourth-order valence-electron chi connectivity index (χ4n) is 5.88. The van der Waals surface area contributed by atoms with Crippen molar-refractivity contribution in [2.75, 3.05) is 46.1 Å². The van der Waals surface area contributed by atoms with E-state index in [-0.39, 0.29) is 18.6 Å². The number of carbonyl (C=O) groups excluding carboxylic acids is 1. The number of aliphatic carboxylic acids is 1. The Kier molecular flexibility index (Phi) is 53.0. The van der Waals surface area contributed by atoms with E-state index in [1.165, 1.54) is 141 Å². The summed E-state index contributed by atoms with van der Waals surface area (Å²) < 4.78 is 17.3. The van der Waals surface area contributed by atoms with Gasteiger partial charge in [-0.3, -0.25) is 4.79 Å². The maximum absolute atomic E-state index is 12.0. The maximum atomic E-state index is 12.0. The van der Waals surface area contributed by atoms with Gasteiger partial charge in [0.15, 0.2) is 0 Å². The molecule has 0 saturated carbocycles. The zero-order valence-corrected chi connectivity index (χ0v) is 38.8. The number of hydrogen-bond acceptors (Lipinski definition) is 7. The number of carbonyl (C=O) groups is 3. The van der Waals surface area contributed by atoms with Gasteiger partial charge in [0, 0.05) is 39.3 Å². The SMILES string of the molecule is CC(C)CO.CCCCCCCCCCCCCCOCC(CNC(=O)OCC(C)C)OCCCCCCCCCCCCCC.O=C(O)CCCCCNC(=O)O. The molecule has 0 rings (SSSR count). The van der Waals surface area contributed by atoms with Gasteiger partial charge in [0.05, 0.1) is 19.3 Å². The van der Waals surface area contributed by atoms with Gasteiger partial charge in [-0.15, -0.1) is 0 Å². The van der Waals surface area contributed by atoms with E-state index in [2.05, 4.69) is 24.5 Å². The molecule has 1 atom stereocenters. The standard InChI is InChI=1S/C36H73NO4.C7H13NO4.C4H10O/c1-5-7-9-11-13-15-17-19-21-23-25-27-29-39-33-35(31-37-36(38)41-32-34(3)4)40-30-28-26-24-22-20-18-16-14-12-10-8-6-2;9-6(10)4-2-1-3-5-8-7(11)12;1-4(2)3-5/h34-35H,5-33H2,1-4H3,(H,37,38);8H,1-5H2,(H,9,10)(H,11,12);4-5H,3H2,1-2H3. The van der Waals surface area contributed by atoms with Crippen molar-refractivity contribution >= 4 is 18.2 Å². The molecule has 0 radical (unpaired) electrons. The van der Waals surface area contributed by atoms with Crippen molar-refractivity contribution in [3.8, 4) is 0 Å². The Morgan fingerprint density at radius 3 is 1.33 bits per heavy atom.